The van der Waals surface area contributed by atoms with Gasteiger partial charge in [-0.3, -0.25) is 4.90 Å². The van der Waals surface area contributed by atoms with Crippen LogP contribution in [0.3, 0.4) is 0 Å². The summed E-state index contributed by atoms with van der Waals surface area (Å²) >= 11 is 0. The number of likely N-dealkylation sites (tertiary alicyclic amines) is 1. The summed E-state index contributed by atoms with van der Waals surface area (Å²) in [7, 11) is 0. The van der Waals surface area contributed by atoms with Gasteiger partial charge in [0.05, 0.1) is 13.1 Å². The maximum atomic E-state index is 5.93. The summed E-state index contributed by atoms with van der Waals surface area (Å²) in [6, 6.07) is 5.03. The Bertz CT molecular complexity index is 414. The lowest BCUT2D eigenvalue weighted by Crippen LogP contribution is -2.34. The second-order valence-electron chi connectivity index (χ2n) is 6.88. The minimum atomic E-state index is 0.749. The molecule has 2 heterocycles. The Morgan fingerprint density at radius 3 is 2.50 bits per heavy atom. The van der Waals surface area contributed by atoms with Crippen LogP contribution in [-0.4, -0.2) is 24.0 Å². The molecule has 0 aromatic carbocycles. The van der Waals surface area contributed by atoms with Crippen molar-refractivity contribution >= 4 is 0 Å². The Kier molecular flexibility index (Phi) is 4.47. The zero-order chi connectivity index (χ0) is 13.9. The highest BCUT2D eigenvalue weighted by atomic mass is 16.3. The highest BCUT2D eigenvalue weighted by Crippen LogP contribution is 2.25. The molecule has 112 valence electrons. The van der Waals surface area contributed by atoms with Gasteiger partial charge in [0.15, 0.2) is 0 Å². The normalized spacial score (nSPS) is 21.8. The maximum absolute atomic E-state index is 5.93. The van der Waals surface area contributed by atoms with Crippen molar-refractivity contribution in [2.45, 2.75) is 58.7 Å². The van der Waals surface area contributed by atoms with Gasteiger partial charge in [-0.05, 0) is 62.7 Å². The van der Waals surface area contributed by atoms with Crippen LogP contribution in [0.25, 0.3) is 0 Å². The predicted octanol–water partition coefficient (Wildman–Crippen LogP) is 3.40. The van der Waals surface area contributed by atoms with E-state index in [0.717, 1.165) is 42.5 Å². The Morgan fingerprint density at radius 2 is 1.85 bits per heavy atom. The van der Waals surface area contributed by atoms with Gasteiger partial charge in [0.25, 0.3) is 0 Å². The fourth-order valence-corrected chi connectivity index (χ4v) is 3.13. The smallest absolute Gasteiger partial charge is 0.118 e. The molecule has 0 bridgehead atoms. The van der Waals surface area contributed by atoms with E-state index in [4.69, 9.17) is 4.42 Å². The molecule has 1 saturated carbocycles. The van der Waals surface area contributed by atoms with Gasteiger partial charge in [-0.15, -0.1) is 0 Å². The number of nitrogens with one attached hydrogen (secondary N) is 1. The Labute approximate surface area is 122 Å². The van der Waals surface area contributed by atoms with Gasteiger partial charge < -0.3 is 9.73 Å². The third-order valence-electron chi connectivity index (χ3n) is 4.81. The molecule has 1 N–H and O–H groups in total. The summed E-state index contributed by atoms with van der Waals surface area (Å²) in [6.45, 7) is 9.02. The molecule has 2 fully saturated rings. The van der Waals surface area contributed by atoms with E-state index in [9.17, 15) is 0 Å². The molecule has 0 spiro atoms. The van der Waals surface area contributed by atoms with E-state index in [1.807, 2.05) is 0 Å². The van der Waals surface area contributed by atoms with E-state index < -0.39 is 0 Å². The summed E-state index contributed by atoms with van der Waals surface area (Å²) in [4.78, 5) is 2.54. The van der Waals surface area contributed by atoms with Crippen LogP contribution >= 0.6 is 0 Å². The number of rotatable bonds is 6. The van der Waals surface area contributed by atoms with Gasteiger partial charge in [0.2, 0.25) is 0 Å². The molecule has 1 saturated heterocycles. The molecule has 3 rings (SSSR count). The number of nitrogens with zero attached hydrogens (tertiary/aromatic N) is 1. The quantitative estimate of drug-likeness (QED) is 0.863. The van der Waals surface area contributed by atoms with Crippen molar-refractivity contribution in [1.29, 1.82) is 0 Å². The zero-order valence-electron chi connectivity index (χ0n) is 12.9. The molecule has 1 aromatic rings. The van der Waals surface area contributed by atoms with Crippen LogP contribution in [0, 0.1) is 11.8 Å². The second kappa shape index (κ2) is 6.31. The number of hydrogen-bond donors (Lipinski definition) is 1. The van der Waals surface area contributed by atoms with Crippen molar-refractivity contribution < 1.29 is 4.42 Å². The first-order chi connectivity index (χ1) is 9.70. The fourth-order valence-electron chi connectivity index (χ4n) is 3.13. The monoisotopic (exact) mass is 276 g/mol. The number of hydrogen-bond acceptors (Lipinski definition) is 3. The van der Waals surface area contributed by atoms with Gasteiger partial charge in [-0.1, -0.05) is 13.8 Å². The van der Waals surface area contributed by atoms with Crippen molar-refractivity contribution in [1.82, 2.24) is 10.2 Å². The van der Waals surface area contributed by atoms with Crippen molar-refractivity contribution in [2.75, 3.05) is 13.1 Å². The van der Waals surface area contributed by atoms with E-state index in [1.165, 1.54) is 38.8 Å². The molecule has 0 atom stereocenters. The van der Waals surface area contributed by atoms with Gasteiger partial charge in [-0.25, -0.2) is 0 Å². The molecular formula is C17H28N2O. The number of piperidine rings is 1. The highest BCUT2D eigenvalue weighted by molar-refractivity contribution is 5.07. The maximum Gasteiger partial charge on any atom is 0.118 e. The van der Waals surface area contributed by atoms with Crippen molar-refractivity contribution in [3.8, 4) is 0 Å². The second-order valence-corrected chi connectivity index (χ2v) is 6.88. The van der Waals surface area contributed by atoms with E-state index >= 15 is 0 Å². The van der Waals surface area contributed by atoms with Gasteiger partial charge in [0.1, 0.15) is 11.5 Å². The topological polar surface area (TPSA) is 28.4 Å². The van der Waals surface area contributed by atoms with E-state index in [1.54, 1.807) is 0 Å². The molecule has 2 aliphatic rings. The van der Waals surface area contributed by atoms with Crippen molar-refractivity contribution in [3.05, 3.63) is 23.7 Å². The van der Waals surface area contributed by atoms with Gasteiger partial charge in [0, 0.05) is 6.04 Å². The Morgan fingerprint density at radius 1 is 1.15 bits per heavy atom. The lowest BCUT2D eigenvalue weighted by molar-refractivity contribution is 0.143. The van der Waals surface area contributed by atoms with E-state index in [2.05, 4.69) is 36.2 Å². The van der Waals surface area contributed by atoms with E-state index in [0.29, 0.717) is 0 Å². The third kappa shape index (κ3) is 3.86. The summed E-state index contributed by atoms with van der Waals surface area (Å²) in [6.07, 6.45) is 5.35. The SMILES string of the molecule is CC(C)C1CCN(Cc2ccc(CNC3CC3)o2)CC1. The molecule has 0 amide bonds. The van der Waals surface area contributed by atoms with Crippen LogP contribution in [0.4, 0.5) is 0 Å². The third-order valence-corrected chi connectivity index (χ3v) is 4.81. The molecule has 1 aliphatic carbocycles. The minimum absolute atomic E-state index is 0.749. The van der Waals surface area contributed by atoms with Crippen LogP contribution in [0.5, 0.6) is 0 Å². The molecule has 0 unspecified atom stereocenters. The fraction of sp³-hybridized carbons (Fsp3) is 0.765. The van der Waals surface area contributed by atoms with E-state index in [-0.39, 0.29) is 0 Å². The number of furan rings is 1. The molecular weight excluding hydrogens is 248 g/mol. The van der Waals surface area contributed by atoms with Crippen LogP contribution in [0.2, 0.25) is 0 Å². The molecule has 20 heavy (non-hydrogen) atoms. The van der Waals surface area contributed by atoms with Gasteiger partial charge in [-0.2, -0.15) is 0 Å². The molecule has 3 heteroatoms. The zero-order valence-corrected chi connectivity index (χ0v) is 12.9. The van der Waals surface area contributed by atoms with Crippen molar-refractivity contribution in [2.24, 2.45) is 11.8 Å². The Balaban J connectivity index is 1.43. The standard InChI is InChI=1S/C17H28N2O/c1-13(2)14-7-9-19(10-8-14)12-17-6-5-16(20-17)11-18-15-3-4-15/h5-6,13-15,18H,3-4,7-12H2,1-2H3. The van der Waals surface area contributed by atoms with Crippen LogP contribution in [-0.2, 0) is 13.1 Å². The average Bonchev–Trinajstić information content (AvgIpc) is 3.17. The van der Waals surface area contributed by atoms with Crippen LogP contribution in [0.15, 0.2) is 16.5 Å². The summed E-state index contributed by atoms with van der Waals surface area (Å²) in [5, 5.41) is 3.50. The first-order valence-corrected chi connectivity index (χ1v) is 8.24. The summed E-state index contributed by atoms with van der Waals surface area (Å²) in [5.41, 5.74) is 0. The summed E-state index contributed by atoms with van der Waals surface area (Å²) in [5.74, 6) is 3.96. The predicted molar refractivity (Wildman–Crippen MR) is 81.4 cm³/mol. The first kappa shape index (κ1) is 14.2. The molecule has 0 radical (unpaired) electrons. The highest BCUT2D eigenvalue weighted by Gasteiger charge is 2.23. The van der Waals surface area contributed by atoms with Crippen LogP contribution < -0.4 is 5.32 Å². The summed E-state index contributed by atoms with van der Waals surface area (Å²) < 4.78 is 5.93. The Hall–Kier alpha value is -0.800. The van der Waals surface area contributed by atoms with Crippen molar-refractivity contribution in [3.63, 3.8) is 0 Å². The van der Waals surface area contributed by atoms with Crippen LogP contribution in [0.1, 0.15) is 51.1 Å². The molecule has 3 nitrogen and oxygen atoms in total. The lowest BCUT2D eigenvalue weighted by atomic mass is 9.87. The molecule has 1 aliphatic heterocycles. The molecule has 1 aromatic heterocycles. The average molecular weight is 276 g/mol. The lowest BCUT2D eigenvalue weighted by Gasteiger charge is -2.33. The minimum Gasteiger partial charge on any atom is -0.463 e. The van der Waals surface area contributed by atoms with Gasteiger partial charge >= 0.3 is 0 Å². The largest absolute Gasteiger partial charge is 0.463 e. The first-order valence-electron chi connectivity index (χ1n) is 8.24.